The standard InChI is InChI=1S/C11H8S/c1-4-7-11-10(6-3)9(5-2)8-12-11/h2-4,8H,1,7H2. The predicted octanol–water partition coefficient (Wildman–Crippen LogP) is 2.44. The molecule has 58 valence electrons. The van der Waals surface area contributed by atoms with E-state index in [-0.39, 0.29) is 0 Å². The molecular weight excluding hydrogens is 164 g/mol. The minimum atomic E-state index is 0.798. The van der Waals surface area contributed by atoms with Crippen LogP contribution in [0.5, 0.6) is 0 Å². The highest BCUT2D eigenvalue weighted by molar-refractivity contribution is 7.10. The van der Waals surface area contributed by atoms with Crippen LogP contribution in [0.2, 0.25) is 0 Å². The number of terminal acetylenes is 2. The van der Waals surface area contributed by atoms with Gasteiger partial charge < -0.3 is 0 Å². The van der Waals surface area contributed by atoms with Crippen LogP contribution in [0.4, 0.5) is 0 Å². The second kappa shape index (κ2) is 3.81. The van der Waals surface area contributed by atoms with Gasteiger partial charge >= 0.3 is 0 Å². The van der Waals surface area contributed by atoms with Crippen molar-refractivity contribution in [2.24, 2.45) is 0 Å². The Hall–Kier alpha value is -1.44. The van der Waals surface area contributed by atoms with Crippen molar-refractivity contribution in [2.45, 2.75) is 6.42 Å². The Kier molecular flexibility index (Phi) is 2.75. The van der Waals surface area contributed by atoms with Crippen LogP contribution in [0.3, 0.4) is 0 Å². The van der Waals surface area contributed by atoms with Crippen LogP contribution in [-0.2, 0) is 6.42 Å². The molecule has 0 radical (unpaired) electrons. The lowest BCUT2D eigenvalue weighted by Crippen LogP contribution is -1.82. The van der Waals surface area contributed by atoms with E-state index in [1.807, 2.05) is 11.5 Å². The van der Waals surface area contributed by atoms with Gasteiger partial charge in [0.05, 0.1) is 11.1 Å². The Balaban J connectivity index is 3.17. The molecule has 0 N–H and O–H groups in total. The van der Waals surface area contributed by atoms with Crippen LogP contribution in [0, 0.1) is 24.7 Å². The Labute approximate surface area is 76.9 Å². The lowest BCUT2D eigenvalue weighted by Gasteiger charge is -1.91. The molecule has 0 nitrogen and oxygen atoms in total. The van der Waals surface area contributed by atoms with Gasteiger partial charge in [-0.05, 0) is 0 Å². The van der Waals surface area contributed by atoms with Gasteiger partial charge in [-0.25, -0.2) is 0 Å². The zero-order valence-electron chi connectivity index (χ0n) is 6.63. The fourth-order valence-electron chi connectivity index (χ4n) is 0.944. The topological polar surface area (TPSA) is 0 Å². The summed E-state index contributed by atoms with van der Waals surface area (Å²) in [6.07, 6.45) is 13.2. The van der Waals surface area contributed by atoms with Crippen molar-refractivity contribution in [3.63, 3.8) is 0 Å². The molecule has 0 fully saturated rings. The first-order valence-electron chi connectivity index (χ1n) is 3.48. The highest BCUT2D eigenvalue weighted by Gasteiger charge is 2.05. The van der Waals surface area contributed by atoms with Gasteiger partial charge in [-0.3, -0.25) is 0 Å². The molecule has 1 aromatic rings. The van der Waals surface area contributed by atoms with E-state index in [1.165, 1.54) is 0 Å². The average Bonchev–Trinajstić information content (AvgIpc) is 2.47. The van der Waals surface area contributed by atoms with Crippen LogP contribution in [0.15, 0.2) is 18.0 Å². The van der Waals surface area contributed by atoms with Gasteiger partial charge in [-0.15, -0.1) is 30.8 Å². The molecule has 0 bridgehead atoms. The minimum absolute atomic E-state index is 0.798. The summed E-state index contributed by atoms with van der Waals surface area (Å²) in [6, 6.07) is 0. The van der Waals surface area contributed by atoms with E-state index in [0.29, 0.717) is 0 Å². The Bertz CT molecular complexity index is 369. The minimum Gasteiger partial charge on any atom is -0.146 e. The van der Waals surface area contributed by atoms with Gasteiger partial charge in [0, 0.05) is 16.7 Å². The summed E-state index contributed by atoms with van der Waals surface area (Å²) in [4.78, 5) is 1.13. The van der Waals surface area contributed by atoms with E-state index in [0.717, 1.165) is 22.4 Å². The molecular formula is C11H8S. The third-order valence-corrected chi connectivity index (χ3v) is 2.51. The molecule has 1 heteroatoms. The summed E-state index contributed by atoms with van der Waals surface area (Å²) in [6.45, 7) is 3.65. The largest absolute Gasteiger partial charge is 0.146 e. The molecule has 0 atom stereocenters. The molecule has 1 heterocycles. The molecule has 0 spiro atoms. The van der Waals surface area contributed by atoms with Crippen molar-refractivity contribution in [1.29, 1.82) is 0 Å². The van der Waals surface area contributed by atoms with Gasteiger partial charge in [0.25, 0.3) is 0 Å². The maximum absolute atomic E-state index is 5.33. The first kappa shape index (κ1) is 8.65. The number of hydrogen-bond donors (Lipinski definition) is 0. The molecule has 0 saturated carbocycles. The molecule has 1 aromatic heterocycles. The second-order valence-corrected chi connectivity index (χ2v) is 3.19. The summed E-state index contributed by atoms with van der Waals surface area (Å²) in [5.74, 6) is 5.16. The Morgan fingerprint density at radius 2 is 2.25 bits per heavy atom. The van der Waals surface area contributed by atoms with Gasteiger partial charge in [0.1, 0.15) is 0 Å². The molecule has 0 aliphatic rings. The van der Waals surface area contributed by atoms with Gasteiger partial charge in [-0.1, -0.05) is 17.9 Å². The fraction of sp³-hybridized carbons (Fsp3) is 0.0909. The van der Waals surface area contributed by atoms with E-state index in [1.54, 1.807) is 11.3 Å². The van der Waals surface area contributed by atoms with Crippen LogP contribution < -0.4 is 0 Å². The van der Waals surface area contributed by atoms with Gasteiger partial charge in [0.15, 0.2) is 0 Å². The highest BCUT2D eigenvalue weighted by Crippen LogP contribution is 2.21. The molecule has 1 rings (SSSR count). The van der Waals surface area contributed by atoms with Crippen molar-refractivity contribution < 1.29 is 0 Å². The SMILES string of the molecule is C#Cc1csc(CC=C)c1C#C. The first-order valence-corrected chi connectivity index (χ1v) is 4.36. The first-order chi connectivity index (χ1) is 5.83. The number of allylic oxidation sites excluding steroid dienone is 1. The summed E-state index contributed by atoms with van der Waals surface area (Å²) >= 11 is 1.59. The zero-order chi connectivity index (χ0) is 8.97. The Morgan fingerprint density at radius 1 is 1.50 bits per heavy atom. The van der Waals surface area contributed by atoms with Gasteiger partial charge in [-0.2, -0.15) is 0 Å². The number of thiophene rings is 1. The van der Waals surface area contributed by atoms with Crippen molar-refractivity contribution in [3.8, 4) is 24.7 Å². The smallest absolute Gasteiger partial charge is 0.0541 e. The van der Waals surface area contributed by atoms with Crippen LogP contribution in [0.25, 0.3) is 0 Å². The van der Waals surface area contributed by atoms with E-state index in [4.69, 9.17) is 12.8 Å². The maximum Gasteiger partial charge on any atom is 0.0541 e. The third-order valence-electron chi connectivity index (χ3n) is 1.50. The zero-order valence-corrected chi connectivity index (χ0v) is 7.45. The monoisotopic (exact) mass is 172 g/mol. The lowest BCUT2D eigenvalue weighted by molar-refractivity contribution is 1.34. The molecule has 0 saturated heterocycles. The van der Waals surface area contributed by atoms with Crippen LogP contribution in [-0.4, -0.2) is 0 Å². The molecule has 0 unspecified atom stereocenters. The lowest BCUT2D eigenvalue weighted by atomic mass is 10.1. The van der Waals surface area contributed by atoms with Crippen molar-refractivity contribution in [3.05, 3.63) is 34.0 Å². The second-order valence-electron chi connectivity index (χ2n) is 2.23. The number of hydrogen-bond acceptors (Lipinski definition) is 1. The normalized spacial score (nSPS) is 8.50. The third kappa shape index (κ3) is 1.42. The summed E-state index contributed by atoms with van der Waals surface area (Å²) < 4.78 is 0. The highest BCUT2D eigenvalue weighted by atomic mass is 32.1. The van der Waals surface area contributed by atoms with Crippen molar-refractivity contribution >= 4 is 11.3 Å². The maximum atomic E-state index is 5.33. The van der Waals surface area contributed by atoms with E-state index in [9.17, 15) is 0 Å². The van der Waals surface area contributed by atoms with Crippen LogP contribution in [0.1, 0.15) is 16.0 Å². The fourth-order valence-corrected chi connectivity index (χ4v) is 1.89. The van der Waals surface area contributed by atoms with Crippen molar-refractivity contribution in [2.75, 3.05) is 0 Å². The summed E-state index contributed by atoms with van der Waals surface area (Å²) in [7, 11) is 0. The average molecular weight is 172 g/mol. The summed E-state index contributed by atoms with van der Waals surface area (Å²) in [5.41, 5.74) is 1.67. The molecule has 12 heavy (non-hydrogen) atoms. The number of rotatable bonds is 2. The van der Waals surface area contributed by atoms with Crippen molar-refractivity contribution in [1.82, 2.24) is 0 Å². The Morgan fingerprint density at radius 3 is 2.75 bits per heavy atom. The predicted molar refractivity (Wildman–Crippen MR) is 54.1 cm³/mol. The van der Waals surface area contributed by atoms with E-state index < -0.39 is 0 Å². The molecule has 0 aromatic carbocycles. The van der Waals surface area contributed by atoms with E-state index >= 15 is 0 Å². The summed E-state index contributed by atoms with van der Waals surface area (Å²) in [5, 5.41) is 1.91. The van der Waals surface area contributed by atoms with Gasteiger partial charge in [0.2, 0.25) is 0 Å². The molecule has 0 aliphatic heterocycles. The van der Waals surface area contributed by atoms with Crippen LogP contribution >= 0.6 is 11.3 Å². The molecule has 0 aliphatic carbocycles. The quantitative estimate of drug-likeness (QED) is 0.475. The molecule has 0 amide bonds. The van der Waals surface area contributed by atoms with E-state index in [2.05, 4.69) is 18.4 Å².